The van der Waals surface area contributed by atoms with E-state index in [0.29, 0.717) is 24.3 Å². The maximum atomic E-state index is 12.7. The lowest BCUT2D eigenvalue weighted by Gasteiger charge is -2.33. The number of hydrogen-bond acceptors (Lipinski definition) is 5. The van der Waals surface area contributed by atoms with Gasteiger partial charge < -0.3 is 14.2 Å². The largest absolute Gasteiger partial charge is 0.464 e. The van der Waals surface area contributed by atoms with E-state index < -0.39 is 9.84 Å². The molecule has 0 saturated carbocycles. The van der Waals surface area contributed by atoms with E-state index in [0.717, 1.165) is 12.8 Å². The van der Waals surface area contributed by atoms with Gasteiger partial charge in [-0.1, -0.05) is 6.92 Å². The number of nitrogens with zero attached hydrogens (tertiary/aromatic N) is 2. The zero-order valence-corrected chi connectivity index (χ0v) is 16.8. The number of piperidine rings is 1. The van der Waals surface area contributed by atoms with Crippen LogP contribution in [0.2, 0.25) is 0 Å². The van der Waals surface area contributed by atoms with Gasteiger partial charge in [-0.15, -0.1) is 0 Å². The monoisotopic (exact) mass is 404 g/mol. The fraction of sp³-hybridized carbons (Fsp3) is 0.400. The predicted molar refractivity (Wildman–Crippen MR) is 104 cm³/mol. The lowest BCUT2D eigenvalue weighted by molar-refractivity contribution is 0.0573. The fourth-order valence-electron chi connectivity index (χ4n) is 3.49. The number of carbonyl (C=O) groups is 2. The van der Waals surface area contributed by atoms with Gasteiger partial charge in [0.05, 0.1) is 17.8 Å². The molecule has 8 heteroatoms. The first-order valence-corrected chi connectivity index (χ1v) is 10.9. The highest BCUT2D eigenvalue weighted by atomic mass is 32.2. The van der Waals surface area contributed by atoms with E-state index in [4.69, 9.17) is 4.74 Å². The maximum Gasteiger partial charge on any atom is 0.354 e. The lowest BCUT2D eigenvalue weighted by Crippen LogP contribution is -2.39. The normalized spacial score (nSPS) is 15.4. The summed E-state index contributed by atoms with van der Waals surface area (Å²) in [6, 6.07) is 9.79. The molecule has 1 saturated heterocycles. The molecule has 0 radical (unpaired) electrons. The van der Waals surface area contributed by atoms with Crippen molar-refractivity contribution in [3.8, 4) is 0 Å². The Morgan fingerprint density at radius 3 is 2.32 bits per heavy atom. The summed E-state index contributed by atoms with van der Waals surface area (Å²) in [4.78, 5) is 26.6. The van der Waals surface area contributed by atoms with E-state index >= 15 is 0 Å². The summed E-state index contributed by atoms with van der Waals surface area (Å²) in [5.41, 5.74) is 0.990. The van der Waals surface area contributed by atoms with E-state index in [1.165, 1.54) is 19.2 Å². The van der Waals surface area contributed by atoms with Crippen molar-refractivity contribution in [2.45, 2.75) is 30.7 Å². The lowest BCUT2D eigenvalue weighted by atomic mass is 10.0. The molecule has 1 aliphatic heterocycles. The van der Waals surface area contributed by atoms with Crippen molar-refractivity contribution in [1.29, 1.82) is 0 Å². The van der Waals surface area contributed by atoms with Crippen molar-refractivity contribution in [1.82, 2.24) is 9.47 Å². The van der Waals surface area contributed by atoms with Crippen molar-refractivity contribution in [2.75, 3.05) is 26.0 Å². The smallest absolute Gasteiger partial charge is 0.354 e. The van der Waals surface area contributed by atoms with Gasteiger partial charge in [0.2, 0.25) is 0 Å². The van der Waals surface area contributed by atoms with Crippen LogP contribution in [0.25, 0.3) is 0 Å². The minimum Gasteiger partial charge on any atom is -0.464 e. The van der Waals surface area contributed by atoms with Crippen molar-refractivity contribution < 1.29 is 22.7 Å². The molecule has 0 spiro atoms. The summed E-state index contributed by atoms with van der Waals surface area (Å²) >= 11 is 0. The minimum absolute atomic E-state index is 0.0285. The third-order valence-corrected chi connectivity index (χ3v) is 6.91. The quantitative estimate of drug-likeness (QED) is 0.715. The Kier molecular flexibility index (Phi) is 5.88. The van der Waals surface area contributed by atoms with Crippen LogP contribution in [0, 0.1) is 0 Å². The average Bonchev–Trinajstić information content (AvgIpc) is 3.22. The summed E-state index contributed by atoms with van der Waals surface area (Å²) < 4.78 is 30.5. The average molecular weight is 404 g/mol. The molecule has 0 aliphatic carbocycles. The summed E-state index contributed by atoms with van der Waals surface area (Å²) in [7, 11) is -1.92. The highest BCUT2D eigenvalue weighted by molar-refractivity contribution is 7.91. The fourth-order valence-corrected chi connectivity index (χ4v) is 4.38. The molecule has 0 atom stereocenters. The van der Waals surface area contributed by atoms with E-state index in [1.54, 1.807) is 30.0 Å². The van der Waals surface area contributed by atoms with Gasteiger partial charge in [-0.25, -0.2) is 13.2 Å². The summed E-state index contributed by atoms with van der Waals surface area (Å²) in [5.74, 6) is -0.453. The van der Waals surface area contributed by atoms with Gasteiger partial charge in [0.15, 0.2) is 9.84 Å². The number of likely N-dealkylation sites (tertiary alicyclic amines) is 1. The van der Waals surface area contributed by atoms with Crippen LogP contribution in [0.5, 0.6) is 0 Å². The van der Waals surface area contributed by atoms with Crippen LogP contribution in [-0.4, -0.2) is 55.7 Å². The first-order valence-electron chi connectivity index (χ1n) is 9.24. The Balaban J connectivity index is 1.66. The maximum absolute atomic E-state index is 12.7. The van der Waals surface area contributed by atoms with Gasteiger partial charge in [0.25, 0.3) is 5.91 Å². The summed E-state index contributed by atoms with van der Waals surface area (Å²) in [5, 5.41) is 0. The summed E-state index contributed by atoms with van der Waals surface area (Å²) in [6.07, 6.45) is 3.32. The number of hydrogen-bond donors (Lipinski definition) is 0. The second-order valence-corrected chi connectivity index (χ2v) is 9.02. The molecule has 3 rings (SSSR count). The topological polar surface area (TPSA) is 85.7 Å². The van der Waals surface area contributed by atoms with E-state index in [-0.39, 0.29) is 28.6 Å². The molecule has 1 amide bonds. The van der Waals surface area contributed by atoms with Crippen LogP contribution in [0.15, 0.2) is 47.5 Å². The zero-order chi connectivity index (χ0) is 20.3. The van der Waals surface area contributed by atoms with Gasteiger partial charge in [0.1, 0.15) is 5.69 Å². The van der Waals surface area contributed by atoms with Crippen LogP contribution in [0.1, 0.15) is 46.7 Å². The van der Waals surface area contributed by atoms with Gasteiger partial charge in [-0.05, 0) is 49.2 Å². The molecule has 7 nitrogen and oxygen atoms in total. The number of amides is 1. The number of esters is 1. The summed E-state index contributed by atoms with van der Waals surface area (Å²) in [6.45, 7) is 2.73. The number of rotatable bonds is 5. The molecule has 1 fully saturated rings. The van der Waals surface area contributed by atoms with Crippen molar-refractivity contribution >= 4 is 21.7 Å². The van der Waals surface area contributed by atoms with E-state index in [1.807, 2.05) is 16.8 Å². The van der Waals surface area contributed by atoms with Gasteiger partial charge in [-0.2, -0.15) is 0 Å². The number of benzene rings is 1. The molecule has 0 N–H and O–H groups in total. The Morgan fingerprint density at radius 1 is 1.11 bits per heavy atom. The Hall–Kier alpha value is -2.61. The molecule has 1 aromatic heterocycles. The zero-order valence-electron chi connectivity index (χ0n) is 16.0. The number of carbonyl (C=O) groups excluding carboxylic acids is 2. The molecule has 150 valence electrons. The Bertz CT molecular complexity index is 955. The number of sulfone groups is 1. The highest BCUT2D eigenvalue weighted by Crippen LogP contribution is 2.26. The first kappa shape index (κ1) is 20.1. The van der Waals surface area contributed by atoms with Crippen LogP contribution < -0.4 is 0 Å². The minimum atomic E-state index is -3.28. The number of ether oxygens (including phenoxy) is 1. The van der Waals surface area contributed by atoms with Crippen molar-refractivity contribution in [3.63, 3.8) is 0 Å². The predicted octanol–water partition coefficient (Wildman–Crippen LogP) is 2.55. The second-order valence-electron chi connectivity index (χ2n) is 6.74. The van der Waals surface area contributed by atoms with Crippen LogP contribution in [-0.2, 0) is 14.6 Å². The second kappa shape index (κ2) is 8.18. The van der Waals surface area contributed by atoms with E-state index in [2.05, 4.69) is 0 Å². The van der Waals surface area contributed by atoms with Gasteiger partial charge in [-0.3, -0.25) is 4.79 Å². The molecule has 1 aliphatic rings. The highest BCUT2D eigenvalue weighted by Gasteiger charge is 2.27. The Morgan fingerprint density at radius 2 is 1.75 bits per heavy atom. The molecule has 0 bridgehead atoms. The third-order valence-electron chi connectivity index (χ3n) is 5.16. The van der Waals surface area contributed by atoms with Crippen LogP contribution >= 0.6 is 0 Å². The first-order chi connectivity index (χ1) is 13.4. The van der Waals surface area contributed by atoms with Crippen LogP contribution in [0.3, 0.4) is 0 Å². The third kappa shape index (κ3) is 3.96. The molecule has 0 unspecified atom stereocenters. The molecule has 2 heterocycles. The van der Waals surface area contributed by atoms with Crippen molar-refractivity contribution in [3.05, 3.63) is 53.9 Å². The van der Waals surface area contributed by atoms with Crippen LogP contribution in [0.4, 0.5) is 0 Å². The molecular formula is C20H24N2O5S. The van der Waals surface area contributed by atoms with E-state index in [9.17, 15) is 18.0 Å². The molecular weight excluding hydrogens is 380 g/mol. The molecule has 28 heavy (non-hydrogen) atoms. The molecule has 2 aromatic rings. The molecule has 1 aromatic carbocycles. The SMILES string of the molecule is CCS(=O)(=O)c1ccc(C(=O)N2CCC(n3cccc3C(=O)OC)CC2)cc1. The Labute approximate surface area is 164 Å². The number of aromatic nitrogens is 1. The standard InChI is InChI=1S/C20H24N2O5S/c1-3-28(25,26)17-8-6-15(7-9-17)19(23)21-13-10-16(11-14-21)22-12-4-5-18(22)20(24)27-2/h4-9,12,16H,3,10-11,13-14H2,1-2H3. The number of methoxy groups -OCH3 is 1. The van der Waals surface area contributed by atoms with Gasteiger partial charge in [0, 0.05) is 30.9 Å². The van der Waals surface area contributed by atoms with Gasteiger partial charge >= 0.3 is 5.97 Å². The van der Waals surface area contributed by atoms with Crippen molar-refractivity contribution in [2.24, 2.45) is 0 Å².